The molecule has 1 aromatic carbocycles. The number of fused-ring (bicyclic) bond motifs is 1. The first-order chi connectivity index (χ1) is 9.62. The fourth-order valence-electron chi connectivity index (χ4n) is 1.91. The molecule has 5 nitrogen and oxygen atoms in total. The number of carbonyl (C=O) groups excluding carboxylic acids is 2. The van der Waals surface area contributed by atoms with Gasteiger partial charge in [0.1, 0.15) is 6.07 Å². The Hall–Kier alpha value is -2.26. The second-order valence-corrected chi connectivity index (χ2v) is 4.83. The second kappa shape index (κ2) is 5.80. The van der Waals surface area contributed by atoms with Gasteiger partial charge in [0.05, 0.1) is 17.9 Å². The maximum absolute atomic E-state index is 11.9. The third-order valence-corrected chi connectivity index (χ3v) is 3.55. The number of esters is 1. The van der Waals surface area contributed by atoms with E-state index in [2.05, 4.69) is 5.32 Å². The average Bonchev–Trinajstić information content (AvgIpc) is 2.77. The summed E-state index contributed by atoms with van der Waals surface area (Å²) in [7, 11) is 0. The number of hydrogen-bond donors (Lipinski definition) is 1. The van der Waals surface area contributed by atoms with Crippen molar-refractivity contribution in [3.63, 3.8) is 0 Å². The quantitative estimate of drug-likeness (QED) is 0.398. The standard InChI is InChI=1S/C14H12N2O3S/c1-3-19-14(18)11(7-15)12-9-5-4-8(20-2)6-10(9)13(17)16-12/h4-6H,3H2,1-2H3,(H,16,17)/b12-11-. The molecule has 2 rings (SSSR count). The lowest BCUT2D eigenvalue weighted by atomic mass is 10.1. The van der Waals surface area contributed by atoms with Gasteiger partial charge in [-0.25, -0.2) is 4.79 Å². The first-order valence-corrected chi connectivity index (χ1v) is 7.16. The highest BCUT2D eigenvalue weighted by atomic mass is 32.2. The van der Waals surface area contributed by atoms with Crippen LogP contribution in [0.1, 0.15) is 22.8 Å². The van der Waals surface area contributed by atoms with E-state index in [0.717, 1.165) is 4.90 Å². The van der Waals surface area contributed by atoms with Crippen LogP contribution in [0.15, 0.2) is 28.7 Å². The van der Waals surface area contributed by atoms with Crippen LogP contribution in [0.3, 0.4) is 0 Å². The van der Waals surface area contributed by atoms with Crippen LogP contribution < -0.4 is 5.32 Å². The van der Waals surface area contributed by atoms with E-state index in [0.29, 0.717) is 11.1 Å². The average molecular weight is 288 g/mol. The molecule has 0 unspecified atom stereocenters. The normalized spacial score (nSPS) is 15.2. The molecule has 1 aliphatic heterocycles. The summed E-state index contributed by atoms with van der Waals surface area (Å²) in [5.74, 6) is -1.05. The van der Waals surface area contributed by atoms with Gasteiger partial charge in [0.2, 0.25) is 0 Å². The predicted octanol–water partition coefficient (Wildman–Crippen LogP) is 1.95. The van der Waals surface area contributed by atoms with Crippen molar-refractivity contribution in [2.45, 2.75) is 11.8 Å². The van der Waals surface area contributed by atoms with Crippen molar-refractivity contribution in [2.24, 2.45) is 0 Å². The molecule has 102 valence electrons. The smallest absolute Gasteiger partial charge is 0.351 e. The Morgan fingerprint density at radius 1 is 1.45 bits per heavy atom. The van der Waals surface area contributed by atoms with Gasteiger partial charge in [-0.2, -0.15) is 5.26 Å². The molecule has 0 saturated carbocycles. The van der Waals surface area contributed by atoms with Gasteiger partial charge in [0.25, 0.3) is 5.91 Å². The highest BCUT2D eigenvalue weighted by Gasteiger charge is 2.29. The predicted molar refractivity (Wildman–Crippen MR) is 74.9 cm³/mol. The molecule has 0 bridgehead atoms. The highest BCUT2D eigenvalue weighted by molar-refractivity contribution is 7.98. The molecule has 0 aliphatic carbocycles. The number of ether oxygens (including phenoxy) is 1. The van der Waals surface area contributed by atoms with E-state index in [1.165, 1.54) is 11.8 Å². The first kappa shape index (κ1) is 14.2. The second-order valence-electron chi connectivity index (χ2n) is 3.95. The highest BCUT2D eigenvalue weighted by Crippen LogP contribution is 2.30. The maximum Gasteiger partial charge on any atom is 0.351 e. The molecule has 0 aromatic heterocycles. The Morgan fingerprint density at radius 2 is 2.20 bits per heavy atom. The summed E-state index contributed by atoms with van der Waals surface area (Å²) in [6.07, 6.45) is 1.91. The van der Waals surface area contributed by atoms with Gasteiger partial charge >= 0.3 is 5.97 Å². The molecule has 20 heavy (non-hydrogen) atoms. The van der Waals surface area contributed by atoms with Crippen LogP contribution >= 0.6 is 11.8 Å². The molecule has 1 aliphatic rings. The number of benzene rings is 1. The molecule has 1 amide bonds. The van der Waals surface area contributed by atoms with Crippen LogP contribution in [-0.2, 0) is 9.53 Å². The van der Waals surface area contributed by atoms with E-state index in [1.807, 2.05) is 12.3 Å². The first-order valence-electron chi connectivity index (χ1n) is 5.93. The van der Waals surface area contributed by atoms with Crippen molar-refractivity contribution in [3.05, 3.63) is 34.9 Å². The van der Waals surface area contributed by atoms with Crippen LogP contribution in [0.2, 0.25) is 0 Å². The fraction of sp³-hybridized carbons (Fsp3) is 0.214. The molecular weight excluding hydrogens is 276 g/mol. The van der Waals surface area contributed by atoms with Crippen LogP contribution in [0.25, 0.3) is 5.70 Å². The van der Waals surface area contributed by atoms with Gasteiger partial charge < -0.3 is 10.1 Å². The van der Waals surface area contributed by atoms with Gasteiger partial charge in [0.15, 0.2) is 5.57 Å². The molecule has 0 atom stereocenters. The zero-order valence-electron chi connectivity index (χ0n) is 11.0. The van der Waals surface area contributed by atoms with E-state index in [9.17, 15) is 9.59 Å². The lowest BCUT2D eigenvalue weighted by Crippen LogP contribution is -2.17. The zero-order chi connectivity index (χ0) is 14.7. The number of hydrogen-bond acceptors (Lipinski definition) is 5. The number of thioether (sulfide) groups is 1. The summed E-state index contributed by atoms with van der Waals surface area (Å²) in [5, 5.41) is 11.7. The van der Waals surface area contributed by atoms with E-state index in [1.54, 1.807) is 25.1 Å². The molecule has 1 aromatic rings. The molecular formula is C14H12N2O3S. The number of nitrogens with one attached hydrogen (secondary N) is 1. The van der Waals surface area contributed by atoms with Crippen molar-refractivity contribution in [3.8, 4) is 6.07 Å². The topological polar surface area (TPSA) is 79.2 Å². The van der Waals surface area contributed by atoms with Crippen LogP contribution in [-0.4, -0.2) is 24.7 Å². The van der Waals surface area contributed by atoms with Crippen molar-refractivity contribution < 1.29 is 14.3 Å². The third-order valence-electron chi connectivity index (χ3n) is 2.82. The lowest BCUT2D eigenvalue weighted by Gasteiger charge is -2.05. The van der Waals surface area contributed by atoms with Crippen molar-refractivity contribution >= 4 is 29.3 Å². The van der Waals surface area contributed by atoms with Crippen molar-refractivity contribution in [1.29, 1.82) is 5.26 Å². The fourth-order valence-corrected chi connectivity index (χ4v) is 2.35. The lowest BCUT2D eigenvalue weighted by molar-refractivity contribution is -0.137. The summed E-state index contributed by atoms with van der Waals surface area (Å²) in [4.78, 5) is 24.6. The monoisotopic (exact) mass is 288 g/mol. The molecule has 6 heteroatoms. The summed E-state index contributed by atoms with van der Waals surface area (Å²) in [5.41, 5.74) is 1.05. The van der Waals surface area contributed by atoms with E-state index in [4.69, 9.17) is 10.00 Å². The summed E-state index contributed by atoms with van der Waals surface area (Å²) in [6, 6.07) is 7.11. The Kier molecular flexibility index (Phi) is 4.11. The van der Waals surface area contributed by atoms with Gasteiger partial charge in [-0.1, -0.05) is 6.07 Å². The Labute approximate surface area is 120 Å². The number of rotatable bonds is 3. The molecule has 0 spiro atoms. The van der Waals surface area contributed by atoms with E-state index < -0.39 is 5.97 Å². The Bertz CT molecular complexity index is 659. The number of nitriles is 1. The minimum atomic E-state index is -0.730. The third kappa shape index (κ3) is 2.40. The minimum absolute atomic E-state index is 0.170. The molecule has 0 fully saturated rings. The van der Waals surface area contributed by atoms with Gasteiger partial charge in [-0.3, -0.25) is 4.79 Å². The van der Waals surface area contributed by atoms with Crippen LogP contribution in [0, 0.1) is 11.3 Å². The van der Waals surface area contributed by atoms with Gasteiger partial charge in [-0.05, 0) is 25.3 Å². The Morgan fingerprint density at radius 3 is 2.80 bits per heavy atom. The van der Waals surface area contributed by atoms with Crippen LogP contribution in [0.4, 0.5) is 0 Å². The Balaban J connectivity index is 2.55. The summed E-state index contributed by atoms with van der Waals surface area (Å²) >= 11 is 1.51. The summed E-state index contributed by atoms with van der Waals surface area (Å²) in [6.45, 7) is 1.83. The number of nitrogens with zero attached hydrogens (tertiary/aromatic N) is 1. The van der Waals surface area contributed by atoms with E-state index >= 15 is 0 Å². The minimum Gasteiger partial charge on any atom is -0.462 e. The van der Waals surface area contributed by atoms with Crippen molar-refractivity contribution in [2.75, 3.05) is 12.9 Å². The van der Waals surface area contributed by atoms with Gasteiger partial charge in [-0.15, -0.1) is 11.8 Å². The van der Waals surface area contributed by atoms with Gasteiger partial charge in [0, 0.05) is 10.5 Å². The van der Waals surface area contributed by atoms with E-state index in [-0.39, 0.29) is 23.8 Å². The molecule has 0 saturated heterocycles. The number of amides is 1. The molecule has 0 radical (unpaired) electrons. The maximum atomic E-state index is 11.9. The molecule has 1 heterocycles. The number of carbonyl (C=O) groups is 2. The van der Waals surface area contributed by atoms with Crippen molar-refractivity contribution in [1.82, 2.24) is 5.32 Å². The van der Waals surface area contributed by atoms with Crippen LogP contribution in [0.5, 0.6) is 0 Å². The molecule has 1 N–H and O–H groups in total. The SMILES string of the molecule is CCOC(=O)/C(C#N)=C1\NC(=O)c2cc(SC)ccc21. The summed E-state index contributed by atoms with van der Waals surface area (Å²) < 4.78 is 4.83. The zero-order valence-corrected chi connectivity index (χ0v) is 11.8. The largest absolute Gasteiger partial charge is 0.462 e.